The highest BCUT2D eigenvalue weighted by atomic mass is 32.1. The number of pyridine rings is 1. The van der Waals surface area contributed by atoms with Crippen LogP contribution in [0.4, 0.5) is 5.82 Å². The summed E-state index contributed by atoms with van der Waals surface area (Å²) in [4.78, 5) is 12.4. The lowest BCUT2D eigenvalue weighted by atomic mass is 10.1. The molecule has 0 aromatic carbocycles. The zero-order valence-corrected chi connectivity index (χ0v) is 15.7. The number of nitrogens with one attached hydrogen (secondary N) is 2. The van der Waals surface area contributed by atoms with Crippen LogP contribution < -0.4 is 15.5 Å². The van der Waals surface area contributed by atoms with Crippen molar-refractivity contribution < 1.29 is 0 Å². The fraction of sp³-hybridized carbons (Fsp3) is 0.444. The normalized spacial score (nSPS) is 12.8. The summed E-state index contributed by atoms with van der Waals surface area (Å²) < 4.78 is 0. The van der Waals surface area contributed by atoms with Gasteiger partial charge in [0.2, 0.25) is 0 Å². The van der Waals surface area contributed by atoms with E-state index in [0.29, 0.717) is 12.5 Å². The number of rotatable bonds is 7. The van der Waals surface area contributed by atoms with Crippen LogP contribution in [-0.4, -0.2) is 38.1 Å². The van der Waals surface area contributed by atoms with Crippen molar-refractivity contribution in [3.05, 3.63) is 46.3 Å². The lowest BCUT2D eigenvalue weighted by molar-refractivity contribution is 0.709. The lowest BCUT2D eigenvalue weighted by Crippen LogP contribution is -2.39. The van der Waals surface area contributed by atoms with Gasteiger partial charge in [-0.2, -0.15) is 0 Å². The van der Waals surface area contributed by atoms with E-state index >= 15 is 0 Å². The average Bonchev–Trinajstić information content (AvgIpc) is 3.12. The van der Waals surface area contributed by atoms with Gasteiger partial charge in [0.15, 0.2) is 5.96 Å². The van der Waals surface area contributed by atoms with Gasteiger partial charge in [0.1, 0.15) is 5.82 Å². The first-order valence-electron chi connectivity index (χ1n) is 8.28. The highest BCUT2D eigenvalue weighted by Crippen LogP contribution is 2.19. The summed E-state index contributed by atoms with van der Waals surface area (Å²) in [7, 11) is 3.99. The van der Waals surface area contributed by atoms with Crippen molar-refractivity contribution in [2.75, 3.05) is 32.1 Å². The molecule has 1 unspecified atom stereocenters. The van der Waals surface area contributed by atoms with Gasteiger partial charge in [-0.1, -0.05) is 13.0 Å². The minimum absolute atomic E-state index is 0.468. The van der Waals surface area contributed by atoms with Gasteiger partial charge < -0.3 is 15.5 Å². The lowest BCUT2D eigenvalue weighted by Gasteiger charge is -2.15. The molecule has 0 aliphatic rings. The molecular formula is C18H27N5S. The molecule has 2 N–H and O–H groups in total. The Morgan fingerprint density at radius 3 is 2.83 bits per heavy atom. The molecule has 2 heterocycles. The Balaban J connectivity index is 1.96. The first kappa shape index (κ1) is 18.3. The Hall–Kier alpha value is -2.08. The molecule has 2 aromatic heterocycles. The van der Waals surface area contributed by atoms with Gasteiger partial charge in [0, 0.05) is 44.2 Å². The van der Waals surface area contributed by atoms with E-state index in [4.69, 9.17) is 0 Å². The van der Waals surface area contributed by atoms with Gasteiger partial charge in [0.25, 0.3) is 0 Å². The second-order valence-electron chi connectivity index (χ2n) is 5.91. The summed E-state index contributed by atoms with van der Waals surface area (Å²) in [6.45, 7) is 6.65. The molecule has 2 aromatic rings. The summed E-state index contributed by atoms with van der Waals surface area (Å²) in [5, 5.41) is 8.86. The maximum Gasteiger partial charge on any atom is 0.191 e. The molecule has 0 fully saturated rings. The molecule has 0 saturated heterocycles. The second kappa shape index (κ2) is 9.27. The zero-order valence-electron chi connectivity index (χ0n) is 14.9. The number of anilines is 1. The number of aliphatic imine (C=N–C) groups is 1. The molecule has 1 atom stereocenters. The Kier molecular flexibility index (Phi) is 7.06. The molecule has 5 nitrogen and oxygen atoms in total. The Morgan fingerprint density at radius 2 is 2.17 bits per heavy atom. The minimum atomic E-state index is 0.468. The van der Waals surface area contributed by atoms with Crippen molar-refractivity contribution in [3.63, 3.8) is 0 Å². The van der Waals surface area contributed by atoms with Gasteiger partial charge in [-0.15, -0.1) is 11.3 Å². The molecule has 0 bridgehead atoms. The van der Waals surface area contributed by atoms with E-state index in [2.05, 4.69) is 58.0 Å². The molecule has 130 valence electrons. The summed E-state index contributed by atoms with van der Waals surface area (Å²) in [6, 6.07) is 8.36. The van der Waals surface area contributed by atoms with E-state index in [0.717, 1.165) is 30.4 Å². The molecule has 6 heteroatoms. The molecule has 2 rings (SSSR count). The summed E-state index contributed by atoms with van der Waals surface area (Å²) >= 11 is 1.80. The van der Waals surface area contributed by atoms with Crippen LogP contribution in [0, 0.1) is 0 Å². The first-order chi connectivity index (χ1) is 11.6. The summed E-state index contributed by atoms with van der Waals surface area (Å²) in [5.74, 6) is 2.27. The predicted octanol–water partition coefficient (Wildman–Crippen LogP) is 3.07. The Morgan fingerprint density at radius 1 is 1.33 bits per heavy atom. The number of thiophene rings is 1. The van der Waals surface area contributed by atoms with Crippen LogP contribution in [0.2, 0.25) is 0 Å². The van der Waals surface area contributed by atoms with Gasteiger partial charge in [-0.05, 0) is 36.1 Å². The smallest absolute Gasteiger partial charge is 0.191 e. The third kappa shape index (κ3) is 5.53. The third-order valence-electron chi connectivity index (χ3n) is 3.64. The molecule has 0 aliphatic carbocycles. The van der Waals surface area contributed by atoms with Crippen molar-refractivity contribution in [2.24, 2.45) is 4.99 Å². The fourth-order valence-electron chi connectivity index (χ4n) is 2.24. The topological polar surface area (TPSA) is 52.6 Å². The Bertz CT molecular complexity index is 637. The van der Waals surface area contributed by atoms with E-state index in [1.165, 1.54) is 4.88 Å². The molecule has 0 radical (unpaired) electrons. The van der Waals surface area contributed by atoms with Crippen LogP contribution in [-0.2, 0) is 6.54 Å². The molecule has 0 spiro atoms. The van der Waals surface area contributed by atoms with Crippen molar-refractivity contribution in [1.82, 2.24) is 15.6 Å². The number of hydrogen-bond donors (Lipinski definition) is 2. The molecular weight excluding hydrogens is 318 g/mol. The van der Waals surface area contributed by atoms with Crippen LogP contribution in [0.25, 0.3) is 0 Å². The van der Waals surface area contributed by atoms with Gasteiger partial charge in [-0.25, -0.2) is 9.98 Å². The fourth-order valence-corrected chi connectivity index (χ4v) is 3.02. The predicted molar refractivity (Wildman–Crippen MR) is 104 cm³/mol. The monoisotopic (exact) mass is 345 g/mol. The molecule has 24 heavy (non-hydrogen) atoms. The van der Waals surface area contributed by atoms with Crippen LogP contribution in [0.5, 0.6) is 0 Å². The zero-order chi connectivity index (χ0) is 17.4. The number of hydrogen-bond acceptors (Lipinski definition) is 4. The highest BCUT2D eigenvalue weighted by molar-refractivity contribution is 7.10. The maximum atomic E-state index is 4.69. The van der Waals surface area contributed by atoms with E-state index in [1.54, 1.807) is 11.3 Å². The van der Waals surface area contributed by atoms with Crippen LogP contribution in [0.3, 0.4) is 0 Å². The largest absolute Gasteiger partial charge is 0.363 e. The van der Waals surface area contributed by atoms with Gasteiger partial charge >= 0.3 is 0 Å². The highest BCUT2D eigenvalue weighted by Gasteiger charge is 2.07. The van der Waals surface area contributed by atoms with Gasteiger partial charge in [-0.3, -0.25) is 0 Å². The number of nitrogens with zero attached hydrogens (tertiary/aromatic N) is 3. The van der Waals surface area contributed by atoms with E-state index < -0.39 is 0 Å². The van der Waals surface area contributed by atoms with Crippen molar-refractivity contribution in [2.45, 2.75) is 26.3 Å². The summed E-state index contributed by atoms with van der Waals surface area (Å²) in [6.07, 6.45) is 1.83. The molecule has 0 amide bonds. The van der Waals surface area contributed by atoms with Crippen LogP contribution >= 0.6 is 11.3 Å². The maximum absolute atomic E-state index is 4.69. The number of guanidine groups is 1. The van der Waals surface area contributed by atoms with E-state index in [-0.39, 0.29) is 0 Å². The number of aromatic nitrogens is 1. The average molecular weight is 346 g/mol. The van der Waals surface area contributed by atoms with E-state index in [9.17, 15) is 0 Å². The quantitative estimate of drug-likeness (QED) is 0.598. The first-order valence-corrected chi connectivity index (χ1v) is 9.16. The van der Waals surface area contributed by atoms with Crippen molar-refractivity contribution in [1.29, 1.82) is 0 Å². The van der Waals surface area contributed by atoms with E-state index in [1.807, 2.05) is 31.3 Å². The molecule has 0 saturated carbocycles. The van der Waals surface area contributed by atoms with Crippen molar-refractivity contribution in [3.8, 4) is 0 Å². The third-order valence-corrected chi connectivity index (χ3v) is 4.74. The standard InChI is InChI=1S/C18H27N5S/c1-5-19-18(21-12-14(2)16-7-6-10-24-16)22-13-15-8-9-20-17(11-15)23(3)4/h6-11,14H,5,12-13H2,1-4H3,(H2,19,21,22). The Labute approximate surface area is 148 Å². The van der Waals surface area contributed by atoms with Crippen molar-refractivity contribution >= 4 is 23.1 Å². The molecule has 0 aliphatic heterocycles. The van der Waals surface area contributed by atoms with Gasteiger partial charge in [0.05, 0.1) is 6.54 Å². The SMILES string of the molecule is CCNC(=NCc1ccnc(N(C)C)c1)NCC(C)c1cccs1. The second-order valence-corrected chi connectivity index (χ2v) is 6.89. The minimum Gasteiger partial charge on any atom is -0.363 e. The summed E-state index contributed by atoms with van der Waals surface area (Å²) in [5.41, 5.74) is 1.15. The van der Waals surface area contributed by atoms with Crippen LogP contribution in [0.1, 0.15) is 30.2 Å². The van der Waals surface area contributed by atoms with Crippen LogP contribution in [0.15, 0.2) is 40.8 Å².